The van der Waals surface area contributed by atoms with Gasteiger partial charge in [0, 0.05) is 0 Å². The zero-order chi connectivity index (χ0) is 22.3. The van der Waals surface area contributed by atoms with Crippen LogP contribution >= 0.6 is 0 Å². The van der Waals surface area contributed by atoms with Crippen molar-refractivity contribution in [1.82, 2.24) is 0 Å². The Labute approximate surface area is 210 Å². The largest absolute Gasteiger partial charge is 0.357 e. The fraction of sp³-hybridized carbons (Fsp3) is 0.0323. The van der Waals surface area contributed by atoms with E-state index in [-0.39, 0.29) is 32.1 Å². The molecule has 5 aromatic carbocycles. The van der Waals surface area contributed by atoms with Crippen molar-refractivity contribution in [2.75, 3.05) is 0 Å². The molecule has 0 aromatic heterocycles. The second-order valence-electron chi connectivity index (χ2n) is 7.77. The van der Waals surface area contributed by atoms with E-state index in [1.807, 2.05) is 0 Å². The Morgan fingerprint density at radius 3 is 1.30 bits per heavy atom. The van der Waals surface area contributed by atoms with Gasteiger partial charge in [-0.3, -0.25) is 0 Å². The maximum Gasteiger partial charge on any atom is 0.357 e. The third-order valence-electron chi connectivity index (χ3n) is 5.39. The molecule has 0 aliphatic carbocycles. The molecular formula is C31H25IS+2. The zero-order valence-electron chi connectivity index (χ0n) is 18.3. The van der Waals surface area contributed by atoms with Crippen molar-refractivity contribution in [1.29, 1.82) is 0 Å². The molecular weight excluding hydrogens is 531 g/mol. The highest BCUT2D eigenvalue weighted by Gasteiger charge is 2.28. The van der Waals surface area contributed by atoms with Crippen molar-refractivity contribution in [2.24, 2.45) is 0 Å². The van der Waals surface area contributed by atoms with Gasteiger partial charge in [0.25, 0.3) is 0 Å². The lowest BCUT2D eigenvalue weighted by atomic mass is 10.1. The van der Waals surface area contributed by atoms with Gasteiger partial charge in [-0.1, -0.05) is 78.9 Å². The molecule has 0 radical (unpaired) electrons. The summed E-state index contributed by atoms with van der Waals surface area (Å²) in [5.74, 6) is 0. The van der Waals surface area contributed by atoms with Crippen LogP contribution in [-0.2, 0) is 17.3 Å². The SMILES string of the molecule is c1ccc([I+]c2ccc(Cc3ccc([S+](c4ccccc4)c4ccccc4)cc3)cc2)cc1. The summed E-state index contributed by atoms with van der Waals surface area (Å²) in [7, 11) is -0.0884. The Balaban J connectivity index is 1.32. The smallest absolute Gasteiger partial charge is 0.0619 e. The second-order valence-corrected chi connectivity index (χ2v) is 12.8. The molecule has 0 N–H and O–H groups in total. The normalized spacial score (nSPS) is 10.9. The summed E-state index contributed by atoms with van der Waals surface area (Å²) in [4.78, 5) is 4.07. The quantitative estimate of drug-likeness (QED) is 0.205. The molecule has 5 rings (SSSR count). The van der Waals surface area contributed by atoms with Crippen LogP contribution in [0.3, 0.4) is 0 Å². The van der Waals surface area contributed by atoms with Crippen molar-refractivity contribution < 1.29 is 21.2 Å². The van der Waals surface area contributed by atoms with Crippen LogP contribution in [0.25, 0.3) is 0 Å². The topological polar surface area (TPSA) is 0 Å². The molecule has 0 fully saturated rings. The van der Waals surface area contributed by atoms with Crippen LogP contribution in [0.4, 0.5) is 0 Å². The summed E-state index contributed by atoms with van der Waals surface area (Å²) >= 11 is -0.101. The number of benzene rings is 5. The van der Waals surface area contributed by atoms with E-state index >= 15 is 0 Å². The van der Waals surface area contributed by atoms with Gasteiger partial charge in [-0.05, 0) is 78.2 Å². The van der Waals surface area contributed by atoms with Gasteiger partial charge in [0.1, 0.15) is 0 Å². The third kappa shape index (κ3) is 5.76. The van der Waals surface area contributed by atoms with E-state index in [1.54, 1.807) is 0 Å². The number of halogens is 1. The Morgan fingerprint density at radius 1 is 0.394 bits per heavy atom. The Bertz CT molecular complexity index is 1230. The van der Waals surface area contributed by atoms with Crippen LogP contribution in [-0.4, -0.2) is 0 Å². The molecule has 0 unspecified atom stereocenters. The molecule has 0 spiro atoms. The lowest BCUT2D eigenvalue weighted by Gasteiger charge is -2.09. The molecule has 0 nitrogen and oxygen atoms in total. The van der Waals surface area contributed by atoms with Gasteiger partial charge < -0.3 is 0 Å². The van der Waals surface area contributed by atoms with Crippen LogP contribution in [0.1, 0.15) is 11.1 Å². The van der Waals surface area contributed by atoms with Crippen molar-refractivity contribution >= 4 is 10.9 Å². The number of rotatable bonds is 7. The van der Waals surface area contributed by atoms with Gasteiger partial charge in [-0.2, -0.15) is 0 Å². The predicted octanol–water partition coefficient (Wildman–Crippen LogP) is 4.50. The summed E-state index contributed by atoms with van der Waals surface area (Å²) in [5, 5.41) is 0. The van der Waals surface area contributed by atoms with Crippen LogP contribution in [0.2, 0.25) is 0 Å². The molecule has 0 saturated carbocycles. The van der Waals surface area contributed by atoms with E-state index in [4.69, 9.17) is 0 Å². The molecule has 0 heterocycles. The molecule has 0 amide bonds. The van der Waals surface area contributed by atoms with Crippen molar-refractivity contribution in [3.63, 3.8) is 0 Å². The lowest BCUT2D eigenvalue weighted by molar-refractivity contribution is -0.597. The minimum absolute atomic E-state index is 0.0884. The fourth-order valence-electron chi connectivity index (χ4n) is 3.77. The molecule has 0 bridgehead atoms. The molecule has 0 aliphatic heterocycles. The van der Waals surface area contributed by atoms with Gasteiger partial charge in [-0.15, -0.1) is 0 Å². The Hall–Kier alpha value is -2.82. The minimum atomic E-state index is -0.101. The minimum Gasteiger partial charge on any atom is -0.0619 e. The van der Waals surface area contributed by atoms with Crippen molar-refractivity contribution in [3.8, 4) is 0 Å². The first kappa shape index (κ1) is 22.0. The van der Waals surface area contributed by atoms with E-state index in [1.165, 1.54) is 33.0 Å². The van der Waals surface area contributed by atoms with Crippen LogP contribution in [0, 0.1) is 7.14 Å². The first-order chi connectivity index (χ1) is 16.3. The van der Waals surface area contributed by atoms with Crippen molar-refractivity contribution in [2.45, 2.75) is 21.1 Å². The van der Waals surface area contributed by atoms with Gasteiger partial charge in [-0.25, -0.2) is 0 Å². The monoisotopic (exact) mass is 556 g/mol. The van der Waals surface area contributed by atoms with Gasteiger partial charge in [0.2, 0.25) is 0 Å². The molecule has 33 heavy (non-hydrogen) atoms. The first-order valence-electron chi connectivity index (χ1n) is 11.1. The van der Waals surface area contributed by atoms with Crippen LogP contribution in [0.5, 0.6) is 0 Å². The zero-order valence-corrected chi connectivity index (χ0v) is 21.2. The Morgan fingerprint density at radius 2 is 0.788 bits per heavy atom. The molecule has 2 heteroatoms. The van der Waals surface area contributed by atoms with E-state index in [2.05, 4.69) is 140 Å². The first-order valence-corrected chi connectivity index (χ1v) is 14.5. The molecule has 5 aromatic rings. The fourth-order valence-corrected chi connectivity index (χ4v) is 8.07. The second kappa shape index (κ2) is 10.9. The van der Waals surface area contributed by atoms with Gasteiger partial charge >= 0.3 is 21.2 Å². The number of hydrogen-bond donors (Lipinski definition) is 0. The summed E-state index contributed by atoms with van der Waals surface area (Å²) in [6.07, 6.45) is 0.967. The number of hydrogen-bond acceptors (Lipinski definition) is 0. The Kier molecular flexibility index (Phi) is 7.24. The average molecular weight is 557 g/mol. The van der Waals surface area contributed by atoms with Crippen molar-refractivity contribution in [3.05, 3.63) is 158 Å². The molecule has 0 saturated heterocycles. The highest BCUT2D eigenvalue weighted by atomic mass is 127. The molecule has 0 aliphatic rings. The molecule has 0 atom stereocenters. The maximum absolute atomic E-state index is 2.31. The lowest BCUT2D eigenvalue weighted by Crippen LogP contribution is -3.61. The van der Waals surface area contributed by atoms with Crippen LogP contribution in [0.15, 0.2) is 154 Å². The third-order valence-corrected chi connectivity index (χ3v) is 10.3. The highest BCUT2D eigenvalue weighted by Crippen LogP contribution is 2.31. The predicted molar refractivity (Wildman–Crippen MR) is 135 cm³/mol. The standard InChI is InChI=1S/C31H25IS/c1-4-10-27(11-5-1)32-28-20-16-25(17-21-28)24-26-18-22-31(23-19-26)33(29-12-6-2-7-13-29)30-14-8-3-9-15-30/h1-23H,24H2/q+2. The summed E-state index contributed by atoms with van der Waals surface area (Å²) in [6.45, 7) is 0. The van der Waals surface area contributed by atoms with E-state index in [0.29, 0.717) is 0 Å². The van der Waals surface area contributed by atoms with Gasteiger partial charge in [0.05, 0.1) is 10.9 Å². The van der Waals surface area contributed by atoms with Crippen LogP contribution < -0.4 is 21.2 Å². The highest BCUT2D eigenvalue weighted by molar-refractivity contribution is 7.97. The summed E-state index contributed by atoms with van der Waals surface area (Å²) in [5.41, 5.74) is 2.72. The average Bonchev–Trinajstić information content (AvgIpc) is 2.88. The van der Waals surface area contributed by atoms with Gasteiger partial charge in [0.15, 0.2) is 21.8 Å². The molecule has 160 valence electrons. The maximum atomic E-state index is 2.31. The van der Waals surface area contributed by atoms with E-state index in [0.717, 1.165) is 6.42 Å². The summed E-state index contributed by atoms with van der Waals surface area (Å²) < 4.78 is 2.93. The summed E-state index contributed by atoms with van der Waals surface area (Å²) in [6, 6.07) is 50.9. The van der Waals surface area contributed by atoms with E-state index < -0.39 is 0 Å². The van der Waals surface area contributed by atoms with E-state index in [9.17, 15) is 0 Å².